The van der Waals surface area contributed by atoms with Crippen molar-refractivity contribution in [3.63, 3.8) is 0 Å². The third-order valence-electron chi connectivity index (χ3n) is 4.77. The van der Waals surface area contributed by atoms with E-state index in [-0.39, 0.29) is 20.8 Å². The van der Waals surface area contributed by atoms with Crippen molar-refractivity contribution in [2.75, 3.05) is 30.5 Å². The van der Waals surface area contributed by atoms with E-state index in [9.17, 15) is 18.5 Å². The van der Waals surface area contributed by atoms with Gasteiger partial charge in [-0.25, -0.2) is 8.42 Å². The SMILES string of the molecule is CCS(=O)(=O)c1nnc(NC(=O)/C(C#N)=C\c2ccc(OCCSc3ccc(C)cc3)c(OC)c2)s1. The van der Waals surface area contributed by atoms with E-state index < -0.39 is 15.7 Å². The summed E-state index contributed by atoms with van der Waals surface area (Å²) in [4.78, 5) is 13.7. The second-order valence-electron chi connectivity index (χ2n) is 7.32. The summed E-state index contributed by atoms with van der Waals surface area (Å²) < 4.78 is 34.8. The molecule has 0 spiro atoms. The molecule has 0 aliphatic rings. The van der Waals surface area contributed by atoms with Gasteiger partial charge in [0.15, 0.2) is 11.5 Å². The van der Waals surface area contributed by atoms with Crippen LogP contribution in [0.25, 0.3) is 6.08 Å². The molecule has 188 valence electrons. The van der Waals surface area contributed by atoms with Crippen LogP contribution in [0.4, 0.5) is 5.13 Å². The summed E-state index contributed by atoms with van der Waals surface area (Å²) in [6.45, 7) is 4.00. The monoisotopic (exact) mass is 544 g/mol. The topological polar surface area (TPSA) is 131 Å². The number of carbonyl (C=O) groups excluding carboxylic acids is 1. The summed E-state index contributed by atoms with van der Waals surface area (Å²) >= 11 is 2.41. The minimum atomic E-state index is -3.54. The van der Waals surface area contributed by atoms with E-state index in [4.69, 9.17) is 9.47 Å². The van der Waals surface area contributed by atoms with E-state index in [2.05, 4.69) is 39.8 Å². The molecule has 0 atom stereocenters. The number of rotatable bonds is 11. The van der Waals surface area contributed by atoms with Crippen molar-refractivity contribution in [2.45, 2.75) is 23.1 Å². The minimum Gasteiger partial charge on any atom is -0.493 e. The van der Waals surface area contributed by atoms with Crippen LogP contribution in [0.3, 0.4) is 0 Å². The molecule has 0 saturated heterocycles. The third kappa shape index (κ3) is 7.30. The average Bonchev–Trinajstić information content (AvgIpc) is 3.36. The van der Waals surface area contributed by atoms with Gasteiger partial charge in [-0.1, -0.05) is 42.0 Å². The zero-order valence-electron chi connectivity index (χ0n) is 19.8. The van der Waals surface area contributed by atoms with Gasteiger partial charge in [0.25, 0.3) is 5.91 Å². The number of nitrogens with zero attached hydrogens (tertiary/aromatic N) is 3. The van der Waals surface area contributed by atoms with Crippen LogP contribution in [-0.4, -0.2) is 49.7 Å². The molecule has 9 nitrogen and oxygen atoms in total. The number of carbonyl (C=O) groups is 1. The molecule has 1 aromatic heterocycles. The van der Waals surface area contributed by atoms with E-state index in [1.54, 1.807) is 30.0 Å². The molecule has 0 radical (unpaired) electrons. The van der Waals surface area contributed by atoms with Gasteiger partial charge in [0, 0.05) is 10.6 Å². The number of anilines is 1. The fourth-order valence-electron chi connectivity index (χ4n) is 2.83. The van der Waals surface area contributed by atoms with Crippen molar-refractivity contribution in [2.24, 2.45) is 0 Å². The van der Waals surface area contributed by atoms with Crippen molar-refractivity contribution in [3.05, 3.63) is 59.2 Å². The molecular formula is C24H24N4O5S3. The van der Waals surface area contributed by atoms with Gasteiger partial charge < -0.3 is 9.47 Å². The molecule has 3 rings (SSSR count). The number of amides is 1. The lowest BCUT2D eigenvalue weighted by molar-refractivity contribution is -0.112. The maximum Gasteiger partial charge on any atom is 0.268 e. The van der Waals surface area contributed by atoms with Crippen LogP contribution in [0, 0.1) is 18.3 Å². The highest BCUT2D eigenvalue weighted by Gasteiger charge is 2.20. The Morgan fingerprint density at radius 1 is 1.19 bits per heavy atom. The van der Waals surface area contributed by atoms with Gasteiger partial charge >= 0.3 is 0 Å². The number of thioether (sulfide) groups is 1. The number of sulfone groups is 1. The van der Waals surface area contributed by atoms with Crippen molar-refractivity contribution >= 4 is 50.1 Å². The van der Waals surface area contributed by atoms with Crippen LogP contribution in [0.5, 0.6) is 11.5 Å². The maximum absolute atomic E-state index is 12.5. The minimum absolute atomic E-state index is 0.0157. The molecule has 0 saturated carbocycles. The van der Waals surface area contributed by atoms with Crippen LogP contribution in [0.2, 0.25) is 0 Å². The lowest BCUT2D eigenvalue weighted by Gasteiger charge is -2.11. The lowest BCUT2D eigenvalue weighted by atomic mass is 10.1. The highest BCUT2D eigenvalue weighted by molar-refractivity contribution is 7.99. The number of nitriles is 1. The third-order valence-corrected chi connectivity index (χ3v) is 8.76. The number of aryl methyl sites for hydroxylation is 1. The molecule has 36 heavy (non-hydrogen) atoms. The van der Waals surface area contributed by atoms with Gasteiger partial charge in [-0.2, -0.15) is 5.26 Å². The molecule has 3 aromatic rings. The van der Waals surface area contributed by atoms with Crippen molar-refractivity contribution in [3.8, 4) is 17.6 Å². The van der Waals surface area contributed by atoms with Crippen LogP contribution in [0.15, 0.2) is 57.3 Å². The van der Waals surface area contributed by atoms with Crippen LogP contribution in [-0.2, 0) is 14.6 Å². The lowest BCUT2D eigenvalue weighted by Crippen LogP contribution is -2.13. The summed E-state index contributed by atoms with van der Waals surface area (Å²) in [5.41, 5.74) is 1.56. The molecule has 0 aliphatic heterocycles. The van der Waals surface area contributed by atoms with Gasteiger partial charge in [0.2, 0.25) is 19.3 Å². The first kappa shape index (κ1) is 27.2. The number of hydrogen-bond acceptors (Lipinski definition) is 10. The van der Waals surface area contributed by atoms with E-state index >= 15 is 0 Å². The molecule has 1 N–H and O–H groups in total. The van der Waals surface area contributed by atoms with E-state index in [1.165, 1.54) is 25.7 Å². The summed E-state index contributed by atoms with van der Waals surface area (Å²) in [7, 11) is -2.03. The molecule has 0 fully saturated rings. The second kappa shape index (κ2) is 12.5. The fraction of sp³-hybridized carbons (Fsp3) is 0.250. The zero-order valence-corrected chi connectivity index (χ0v) is 22.3. The Kier molecular flexibility index (Phi) is 9.46. The first-order valence-electron chi connectivity index (χ1n) is 10.8. The Hall–Kier alpha value is -3.40. The number of methoxy groups -OCH3 is 1. The van der Waals surface area contributed by atoms with Crippen LogP contribution >= 0.6 is 23.1 Å². The second-order valence-corrected chi connectivity index (χ2v) is 11.9. The molecular weight excluding hydrogens is 520 g/mol. The smallest absolute Gasteiger partial charge is 0.268 e. The summed E-state index contributed by atoms with van der Waals surface area (Å²) in [5, 5.41) is 19.1. The molecule has 2 aromatic carbocycles. The van der Waals surface area contributed by atoms with Gasteiger partial charge in [0.05, 0.1) is 19.5 Å². The zero-order chi connectivity index (χ0) is 26.1. The summed E-state index contributed by atoms with van der Waals surface area (Å²) in [6.07, 6.45) is 1.39. The summed E-state index contributed by atoms with van der Waals surface area (Å²) in [6, 6.07) is 15.2. The highest BCUT2D eigenvalue weighted by atomic mass is 32.2. The standard InChI is InChI=1S/C24H24N4O5S3/c1-4-36(30,31)24-28-27-23(35-24)26-22(29)18(15-25)13-17-7-10-20(21(14-17)32-3)33-11-12-34-19-8-5-16(2)6-9-19/h5-10,13-14H,4,11-12H2,1-3H3,(H,26,27,29)/b18-13-. The molecule has 1 amide bonds. The highest BCUT2D eigenvalue weighted by Crippen LogP contribution is 2.30. The predicted molar refractivity (Wildman–Crippen MR) is 140 cm³/mol. The normalized spacial score (nSPS) is 11.6. The van der Waals surface area contributed by atoms with Crippen LogP contribution in [0.1, 0.15) is 18.1 Å². The van der Waals surface area contributed by atoms with E-state index in [0.29, 0.717) is 23.7 Å². The number of hydrogen-bond donors (Lipinski definition) is 1. The number of benzene rings is 2. The molecule has 12 heteroatoms. The number of aromatic nitrogens is 2. The Bertz CT molecular complexity index is 1390. The van der Waals surface area contributed by atoms with Crippen molar-refractivity contribution in [1.29, 1.82) is 5.26 Å². The number of nitrogens with one attached hydrogen (secondary N) is 1. The van der Waals surface area contributed by atoms with Crippen LogP contribution < -0.4 is 14.8 Å². The molecule has 0 unspecified atom stereocenters. The quantitative estimate of drug-likeness (QED) is 0.123. The Morgan fingerprint density at radius 2 is 1.94 bits per heavy atom. The maximum atomic E-state index is 12.5. The van der Waals surface area contributed by atoms with Gasteiger partial charge in [-0.15, -0.1) is 22.0 Å². The largest absolute Gasteiger partial charge is 0.493 e. The summed E-state index contributed by atoms with van der Waals surface area (Å²) in [5.74, 6) is 0.883. The Balaban J connectivity index is 1.64. The average molecular weight is 545 g/mol. The first-order chi connectivity index (χ1) is 17.2. The fourth-order valence-corrected chi connectivity index (χ4v) is 5.54. The van der Waals surface area contributed by atoms with E-state index in [0.717, 1.165) is 22.0 Å². The van der Waals surface area contributed by atoms with Crippen molar-refractivity contribution in [1.82, 2.24) is 10.2 Å². The molecule has 0 aliphatic carbocycles. The predicted octanol–water partition coefficient (Wildman–Crippen LogP) is 4.37. The van der Waals surface area contributed by atoms with Gasteiger partial charge in [-0.05, 0) is 42.8 Å². The van der Waals surface area contributed by atoms with E-state index in [1.807, 2.05) is 13.0 Å². The Labute approximate surface area is 218 Å². The molecule has 0 bridgehead atoms. The van der Waals surface area contributed by atoms with Gasteiger partial charge in [0.1, 0.15) is 11.6 Å². The molecule has 1 heterocycles. The first-order valence-corrected chi connectivity index (χ1v) is 14.2. The Morgan fingerprint density at radius 3 is 2.61 bits per heavy atom. The van der Waals surface area contributed by atoms with Gasteiger partial charge in [-0.3, -0.25) is 10.1 Å². The van der Waals surface area contributed by atoms with Crippen molar-refractivity contribution < 1.29 is 22.7 Å². The number of ether oxygens (including phenoxy) is 2.